The van der Waals surface area contributed by atoms with Crippen molar-refractivity contribution in [2.75, 3.05) is 5.75 Å². The van der Waals surface area contributed by atoms with E-state index in [1.807, 2.05) is 0 Å². The first-order chi connectivity index (χ1) is 4.17. The Labute approximate surface area is 55.4 Å². The molecule has 54 valence electrons. The lowest BCUT2D eigenvalue weighted by Crippen LogP contribution is -1.96. The Morgan fingerprint density at radius 2 is 2.22 bits per heavy atom. The van der Waals surface area contributed by atoms with E-state index in [1.54, 1.807) is 0 Å². The normalized spacial score (nSPS) is 32.9. The summed E-state index contributed by atoms with van der Waals surface area (Å²) in [5, 5.41) is 8.36. The van der Waals surface area contributed by atoms with Crippen LogP contribution in [-0.4, -0.2) is 20.0 Å². The summed E-state index contributed by atoms with van der Waals surface area (Å²) in [6.07, 6.45) is 1.84. The van der Waals surface area contributed by atoms with Gasteiger partial charge in [-0.05, 0) is 18.6 Å². The minimum atomic E-state index is -3.03. The van der Waals surface area contributed by atoms with Crippen molar-refractivity contribution in [1.82, 2.24) is 0 Å². The highest BCUT2D eigenvalue weighted by molar-refractivity contribution is 8.27. The second kappa shape index (κ2) is 2.21. The van der Waals surface area contributed by atoms with Crippen molar-refractivity contribution in [2.45, 2.75) is 12.8 Å². The first kappa shape index (κ1) is 6.92. The molecule has 9 heavy (non-hydrogen) atoms. The van der Waals surface area contributed by atoms with Crippen molar-refractivity contribution >= 4 is 10.6 Å². The van der Waals surface area contributed by atoms with Crippen LogP contribution in [0.15, 0.2) is 11.2 Å². The van der Waals surface area contributed by atoms with Crippen molar-refractivity contribution in [1.29, 1.82) is 0 Å². The van der Waals surface area contributed by atoms with Crippen molar-refractivity contribution < 1.29 is 14.2 Å². The third-order valence-electron chi connectivity index (χ3n) is 1.38. The smallest absolute Gasteiger partial charge is 0.0920 e. The number of hydrogen-bond donors (Lipinski definition) is 1. The molecule has 1 heterocycles. The quantitative estimate of drug-likeness (QED) is 0.525. The molecule has 1 N–H and O–H groups in total. The molecule has 4 heteroatoms. The topological polar surface area (TPSA) is 66.3 Å². The molecule has 0 atom stereocenters. The summed E-state index contributed by atoms with van der Waals surface area (Å²) in [6, 6.07) is 0. The molecule has 0 aromatic carbocycles. The maximum absolute atomic E-state index is 10.8. The SMILES string of the molecule is [O-]S1([O-])CCC/C1=C/O. The molecule has 1 rings (SSSR count). The van der Waals surface area contributed by atoms with Gasteiger partial charge in [0.25, 0.3) is 0 Å². The lowest BCUT2D eigenvalue weighted by Gasteiger charge is -2.57. The van der Waals surface area contributed by atoms with Gasteiger partial charge in [-0.3, -0.25) is 0 Å². The summed E-state index contributed by atoms with van der Waals surface area (Å²) in [4.78, 5) is 0.183. The number of aliphatic hydroxyl groups is 1. The molecule has 0 bridgehead atoms. The molecule has 0 spiro atoms. The van der Waals surface area contributed by atoms with E-state index in [-0.39, 0.29) is 10.7 Å². The van der Waals surface area contributed by atoms with E-state index in [4.69, 9.17) is 5.11 Å². The Hall–Kier alpha value is -0.190. The Bertz CT molecular complexity index is 141. The number of aliphatic hydroxyl groups excluding tert-OH is 1. The molecule has 0 aromatic heterocycles. The highest BCUT2D eigenvalue weighted by atomic mass is 32.3. The molecule has 0 amide bonds. The van der Waals surface area contributed by atoms with Crippen molar-refractivity contribution in [3.05, 3.63) is 11.2 Å². The van der Waals surface area contributed by atoms with Crippen molar-refractivity contribution in [2.24, 2.45) is 0 Å². The highest BCUT2D eigenvalue weighted by Crippen LogP contribution is 2.54. The Kier molecular flexibility index (Phi) is 1.70. The van der Waals surface area contributed by atoms with Gasteiger partial charge in [-0.15, -0.1) is 0 Å². The maximum Gasteiger partial charge on any atom is 0.0920 e. The van der Waals surface area contributed by atoms with E-state index in [0.717, 1.165) is 0 Å². The second-order valence-corrected chi connectivity index (χ2v) is 4.18. The fourth-order valence-electron chi connectivity index (χ4n) is 0.868. The molecule has 1 aliphatic heterocycles. The number of rotatable bonds is 0. The molecule has 0 radical (unpaired) electrons. The molecular formula is C5H8O3S-2. The first-order valence-corrected chi connectivity index (χ1v) is 4.38. The standard InChI is InChI=1S/C5H10O3S/c6-4-5-2-1-3-9(5,7)8/h4,6-8H,1-3H2/p-2/b5-4-. The Morgan fingerprint density at radius 3 is 2.44 bits per heavy atom. The Morgan fingerprint density at radius 1 is 1.56 bits per heavy atom. The Balaban J connectivity index is 2.75. The maximum atomic E-state index is 10.8. The minimum Gasteiger partial charge on any atom is -0.796 e. The largest absolute Gasteiger partial charge is 0.796 e. The van der Waals surface area contributed by atoms with Gasteiger partial charge in [-0.25, -0.2) is 0 Å². The van der Waals surface area contributed by atoms with E-state index in [2.05, 4.69) is 0 Å². The van der Waals surface area contributed by atoms with Gasteiger partial charge in [-0.1, -0.05) is 0 Å². The number of hydrogen-bond acceptors (Lipinski definition) is 3. The van der Waals surface area contributed by atoms with Gasteiger partial charge in [0, 0.05) is 4.91 Å². The third kappa shape index (κ3) is 1.20. The van der Waals surface area contributed by atoms with Gasteiger partial charge >= 0.3 is 0 Å². The van der Waals surface area contributed by atoms with Crippen molar-refractivity contribution in [3.8, 4) is 0 Å². The summed E-state index contributed by atoms with van der Waals surface area (Å²) in [6.45, 7) is 0. The predicted molar refractivity (Wildman–Crippen MR) is 34.0 cm³/mol. The molecule has 0 aliphatic carbocycles. The van der Waals surface area contributed by atoms with Gasteiger partial charge in [0.15, 0.2) is 0 Å². The van der Waals surface area contributed by atoms with Crippen LogP contribution in [0.5, 0.6) is 0 Å². The summed E-state index contributed by atoms with van der Waals surface area (Å²) >= 11 is 0. The van der Waals surface area contributed by atoms with Crippen LogP contribution in [0.4, 0.5) is 0 Å². The van der Waals surface area contributed by atoms with Gasteiger partial charge in [0.1, 0.15) is 0 Å². The van der Waals surface area contributed by atoms with E-state index in [9.17, 15) is 9.11 Å². The first-order valence-electron chi connectivity index (χ1n) is 2.73. The van der Waals surface area contributed by atoms with Crippen LogP contribution in [0, 0.1) is 0 Å². The molecule has 0 saturated carbocycles. The van der Waals surface area contributed by atoms with Gasteiger partial charge in [0.05, 0.1) is 6.26 Å². The highest BCUT2D eigenvalue weighted by Gasteiger charge is 2.10. The van der Waals surface area contributed by atoms with Crippen LogP contribution in [-0.2, 0) is 0 Å². The predicted octanol–water partition coefficient (Wildman–Crippen LogP) is 1.25. The van der Waals surface area contributed by atoms with E-state index < -0.39 is 10.6 Å². The molecule has 1 fully saturated rings. The van der Waals surface area contributed by atoms with Crippen LogP contribution in [0.1, 0.15) is 12.8 Å². The zero-order chi connectivity index (χ0) is 6.91. The van der Waals surface area contributed by atoms with Crippen molar-refractivity contribution in [3.63, 3.8) is 0 Å². The average molecular weight is 148 g/mol. The number of sulfone groups is 1. The zero-order valence-corrected chi connectivity index (χ0v) is 5.69. The summed E-state index contributed by atoms with van der Waals surface area (Å²) in [5.41, 5.74) is 0. The summed E-state index contributed by atoms with van der Waals surface area (Å²) in [5.74, 6) is 0.194. The molecular weight excluding hydrogens is 140 g/mol. The lowest BCUT2D eigenvalue weighted by molar-refractivity contribution is 0.446. The number of allylic oxidation sites excluding steroid dienone is 1. The molecule has 0 unspecified atom stereocenters. The van der Waals surface area contributed by atoms with Gasteiger partial charge in [-0.2, -0.15) is 0 Å². The minimum absolute atomic E-state index is 0.183. The van der Waals surface area contributed by atoms with Crippen LogP contribution in [0.3, 0.4) is 0 Å². The summed E-state index contributed by atoms with van der Waals surface area (Å²) < 4.78 is 21.5. The van der Waals surface area contributed by atoms with Crippen LogP contribution >= 0.6 is 10.6 Å². The molecule has 3 nitrogen and oxygen atoms in total. The van der Waals surface area contributed by atoms with Crippen LogP contribution in [0.2, 0.25) is 0 Å². The van der Waals surface area contributed by atoms with Gasteiger partial charge in [0.2, 0.25) is 0 Å². The molecule has 1 saturated heterocycles. The van der Waals surface area contributed by atoms with Crippen LogP contribution < -0.4 is 0 Å². The van der Waals surface area contributed by atoms with E-state index >= 15 is 0 Å². The molecule has 1 aliphatic rings. The van der Waals surface area contributed by atoms with Crippen LogP contribution in [0.25, 0.3) is 0 Å². The van der Waals surface area contributed by atoms with E-state index in [1.165, 1.54) is 0 Å². The van der Waals surface area contributed by atoms with E-state index in [0.29, 0.717) is 19.1 Å². The zero-order valence-electron chi connectivity index (χ0n) is 4.87. The second-order valence-electron chi connectivity index (χ2n) is 2.02. The lowest BCUT2D eigenvalue weighted by atomic mass is 10.3. The van der Waals surface area contributed by atoms with Gasteiger partial charge < -0.3 is 24.8 Å². The molecule has 0 aromatic rings. The fraction of sp³-hybridized carbons (Fsp3) is 0.600. The fourth-order valence-corrected chi connectivity index (χ4v) is 2.27. The third-order valence-corrected chi connectivity index (χ3v) is 3.31. The summed E-state index contributed by atoms with van der Waals surface area (Å²) in [7, 11) is -3.03. The monoisotopic (exact) mass is 148 g/mol. The average Bonchev–Trinajstić information content (AvgIpc) is 2.08.